The summed E-state index contributed by atoms with van der Waals surface area (Å²) in [6.07, 6.45) is 7.52. The lowest BCUT2D eigenvalue weighted by molar-refractivity contribution is -0.138. The van der Waals surface area contributed by atoms with E-state index in [4.69, 9.17) is 5.11 Å². The van der Waals surface area contributed by atoms with Gasteiger partial charge in [-0.1, -0.05) is 38.2 Å². The summed E-state index contributed by atoms with van der Waals surface area (Å²) in [6, 6.07) is 0. The Kier molecular flexibility index (Phi) is 6.07. The van der Waals surface area contributed by atoms with Crippen molar-refractivity contribution in [1.29, 1.82) is 0 Å². The quantitative estimate of drug-likeness (QED) is 0.619. The van der Waals surface area contributed by atoms with Gasteiger partial charge in [-0.15, -0.1) is 0 Å². The van der Waals surface area contributed by atoms with Crippen LogP contribution in [-0.4, -0.2) is 11.1 Å². The van der Waals surface area contributed by atoms with Gasteiger partial charge in [-0.3, -0.25) is 4.79 Å². The lowest BCUT2D eigenvalue weighted by Crippen LogP contribution is -2.05. The Hall–Kier alpha value is -1.05. The summed E-state index contributed by atoms with van der Waals surface area (Å²) >= 11 is 0. The van der Waals surface area contributed by atoms with Gasteiger partial charge in [0.05, 0.1) is 0 Å². The van der Waals surface area contributed by atoms with Crippen molar-refractivity contribution >= 4 is 5.97 Å². The predicted octanol–water partition coefficient (Wildman–Crippen LogP) is 2.62. The first kappa shape index (κ1) is 11.0. The molecule has 1 N–H and O–H groups in total. The number of carbonyl (C=O) groups is 1. The third-order valence-electron chi connectivity index (χ3n) is 1.78. The van der Waals surface area contributed by atoms with Crippen molar-refractivity contribution in [3.8, 4) is 0 Å². The minimum atomic E-state index is -0.714. The first-order valence-electron chi connectivity index (χ1n) is 4.20. The Balaban J connectivity index is 3.74. The summed E-state index contributed by atoms with van der Waals surface area (Å²) < 4.78 is 0. The molecule has 0 heterocycles. The molecule has 0 aromatic carbocycles. The zero-order chi connectivity index (χ0) is 9.40. The van der Waals surface area contributed by atoms with Crippen LogP contribution in [0.4, 0.5) is 0 Å². The predicted molar refractivity (Wildman–Crippen MR) is 50.0 cm³/mol. The SMILES string of the molecule is C=CC=CCC(CC)CC(=O)O. The van der Waals surface area contributed by atoms with Gasteiger partial charge in [0.25, 0.3) is 0 Å². The summed E-state index contributed by atoms with van der Waals surface area (Å²) in [6.45, 7) is 5.55. The van der Waals surface area contributed by atoms with E-state index >= 15 is 0 Å². The van der Waals surface area contributed by atoms with Crippen LogP contribution < -0.4 is 0 Å². The van der Waals surface area contributed by atoms with Crippen molar-refractivity contribution in [2.45, 2.75) is 26.2 Å². The Morgan fingerprint density at radius 3 is 2.75 bits per heavy atom. The van der Waals surface area contributed by atoms with Crippen molar-refractivity contribution in [3.63, 3.8) is 0 Å². The lowest BCUT2D eigenvalue weighted by atomic mass is 9.98. The first-order chi connectivity index (χ1) is 5.70. The van der Waals surface area contributed by atoms with Crippen molar-refractivity contribution in [3.05, 3.63) is 24.8 Å². The van der Waals surface area contributed by atoms with Crippen molar-refractivity contribution in [2.24, 2.45) is 5.92 Å². The molecular weight excluding hydrogens is 152 g/mol. The van der Waals surface area contributed by atoms with E-state index in [2.05, 4.69) is 6.58 Å². The van der Waals surface area contributed by atoms with Gasteiger partial charge in [-0.05, 0) is 12.3 Å². The number of allylic oxidation sites excluding steroid dienone is 3. The molecule has 0 saturated carbocycles. The van der Waals surface area contributed by atoms with E-state index in [9.17, 15) is 4.79 Å². The molecule has 0 fully saturated rings. The fraction of sp³-hybridized carbons (Fsp3) is 0.500. The zero-order valence-corrected chi connectivity index (χ0v) is 7.49. The Morgan fingerprint density at radius 2 is 2.33 bits per heavy atom. The van der Waals surface area contributed by atoms with Crippen molar-refractivity contribution in [2.75, 3.05) is 0 Å². The second kappa shape index (κ2) is 6.65. The average Bonchev–Trinajstić information content (AvgIpc) is 2.02. The highest BCUT2D eigenvalue weighted by molar-refractivity contribution is 5.67. The molecule has 2 nitrogen and oxygen atoms in total. The van der Waals surface area contributed by atoms with E-state index in [1.807, 2.05) is 19.1 Å². The van der Waals surface area contributed by atoms with Gasteiger partial charge < -0.3 is 5.11 Å². The molecule has 2 heteroatoms. The molecule has 0 aliphatic heterocycles. The molecule has 0 aromatic rings. The minimum Gasteiger partial charge on any atom is -0.481 e. The van der Waals surface area contributed by atoms with E-state index < -0.39 is 5.97 Å². The highest BCUT2D eigenvalue weighted by Crippen LogP contribution is 2.13. The van der Waals surface area contributed by atoms with Crippen LogP contribution >= 0.6 is 0 Å². The molecule has 0 aliphatic carbocycles. The minimum absolute atomic E-state index is 0.262. The van der Waals surface area contributed by atoms with Gasteiger partial charge >= 0.3 is 5.97 Å². The first-order valence-corrected chi connectivity index (χ1v) is 4.20. The largest absolute Gasteiger partial charge is 0.481 e. The van der Waals surface area contributed by atoms with Crippen LogP contribution in [-0.2, 0) is 4.79 Å². The maximum atomic E-state index is 10.4. The monoisotopic (exact) mass is 168 g/mol. The Bertz CT molecular complexity index is 171. The molecule has 1 unspecified atom stereocenters. The number of carboxylic acids is 1. The number of hydrogen-bond donors (Lipinski definition) is 1. The van der Waals surface area contributed by atoms with E-state index in [-0.39, 0.29) is 12.3 Å². The topological polar surface area (TPSA) is 37.3 Å². The average molecular weight is 168 g/mol. The molecule has 0 spiro atoms. The number of rotatable bonds is 6. The molecule has 0 rings (SSSR count). The molecule has 0 aromatic heterocycles. The van der Waals surface area contributed by atoms with Crippen LogP contribution in [0, 0.1) is 5.92 Å². The van der Waals surface area contributed by atoms with E-state index in [1.165, 1.54) is 0 Å². The molecule has 0 aliphatic rings. The standard InChI is InChI=1S/C10H16O2/c1-3-5-6-7-9(4-2)8-10(11)12/h3,5-6,9H,1,4,7-8H2,2H3,(H,11,12). The van der Waals surface area contributed by atoms with Gasteiger partial charge in [0.15, 0.2) is 0 Å². The van der Waals surface area contributed by atoms with Crippen LogP contribution in [0.2, 0.25) is 0 Å². The van der Waals surface area contributed by atoms with E-state index in [1.54, 1.807) is 6.08 Å². The van der Waals surface area contributed by atoms with Crippen LogP contribution in [0.5, 0.6) is 0 Å². The summed E-state index contributed by atoms with van der Waals surface area (Å²) in [5.74, 6) is -0.451. The molecule has 12 heavy (non-hydrogen) atoms. The molecule has 68 valence electrons. The third-order valence-corrected chi connectivity index (χ3v) is 1.78. The number of hydrogen-bond acceptors (Lipinski definition) is 1. The maximum absolute atomic E-state index is 10.4. The van der Waals surface area contributed by atoms with Gasteiger partial charge in [-0.25, -0.2) is 0 Å². The maximum Gasteiger partial charge on any atom is 0.303 e. The van der Waals surface area contributed by atoms with Crippen molar-refractivity contribution < 1.29 is 9.90 Å². The van der Waals surface area contributed by atoms with Gasteiger partial charge in [0.1, 0.15) is 0 Å². The van der Waals surface area contributed by atoms with E-state index in [0.717, 1.165) is 12.8 Å². The molecule has 0 amide bonds. The fourth-order valence-electron chi connectivity index (χ4n) is 1.01. The lowest BCUT2D eigenvalue weighted by Gasteiger charge is -2.07. The normalized spacial score (nSPS) is 13.1. The third kappa shape index (κ3) is 5.71. The molecular formula is C10H16O2. The van der Waals surface area contributed by atoms with E-state index in [0.29, 0.717) is 0 Å². The second-order valence-corrected chi connectivity index (χ2v) is 2.77. The fourth-order valence-corrected chi connectivity index (χ4v) is 1.01. The Labute approximate surface area is 73.6 Å². The molecule has 1 atom stereocenters. The van der Waals surface area contributed by atoms with Crippen LogP contribution in [0.3, 0.4) is 0 Å². The highest BCUT2D eigenvalue weighted by Gasteiger charge is 2.08. The second-order valence-electron chi connectivity index (χ2n) is 2.77. The van der Waals surface area contributed by atoms with Gasteiger partial charge in [-0.2, -0.15) is 0 Å². The summed E-state index contributed by atoms with van der Waals surface area (Å²) in [4.78, 5) is 10.4. The summed E-state index contributed by atoms with van der Waals surface area (Å²) in [5.41, 5.74) is 0. The van der Waals surface area contributed by atoms with Crippen LogP contribution in [0.15, 0.2) is 24.8 Å². The number of carboxylic acid groups (broad SMARTS) is 1. The highest BCUT2D eigenvalue weighted by atomic mass is 16.4. The number of aliphatic carboxylic acids is 1. The van der Waals surface area contributed by atoms with Crippen LogP contribution in [0.1, 0.15) is 26.2 Å². The summed E-state index contributed by atoms with van der Waals surface area (Å²) in [7, 11) is 0. The smallest absolute Gasteiger partial charge is 0.303 e. The summed E-state index contributed by atoms with van der Waals surface area (Å²) in [5, 5.41) is 8.53. The molecule has 0 radical (unpaired) electrons. The van der Waals surface area contributed by atoms with Gasteiger partial charge in [0, 0.05) is 6.42 Å². The van der Waals surface area contributed by atoms with Crippen molar-refractivity contribution in [1.82, 2.24) is 0 Å². The molecule has 0 saturated heterocycles. The van der Waals surface area contributed by atoms with Crippen LogP contribution in [0.25, 0.3) is 0 Å². The van der Waals surface area contributed by atoms with Gasteiger partial charge in [0.2, 0.25) is 0 Å². The zero-order valence-electron chi connectivity index (χ0n) is 7.49. The molecule has 0 bridgehead atoms. The Morgan fingerprint density at radius 1 is 1.67 bits per heavy atom.